The monoisotopic (exact) mass is 300 g/mol. The zero-order chi connectivity index (χ0) is 15.3. The van der Waals surface area contributed by atoms with E-state index in [2.05, 4.69) is 10.6 Å². The van der Waals surface area contributed by atoms with E-state index in [-0.39, 0.29) is 17.2 Å². The van der Waals surface area contributed by atoms with Gasteiger partial charge in [-0.1, -0.05) is 6.42 Å². The van der Waals surface area contributed by atoms with E-state index < -0.39 is 17.9 Å². The molecule has 1 aliphatic rings. The predicted molar refractivity (Wildman–Crippen MR) is 77.6 cm³/mol. The summed E-state index contributed by atoms with van der Waals surface area (Å²) in [6.45, 7) is 2.71. The minimum atomic E-state index is -1.17. The van der Waals surface area contributed by atoms with Crippen LogP contribution in [0.15, 0.2) is 11.1 Å². The molecular formula is C13H20N2O4S. The standard InChI is InChI=1S/C13H20N2O4S/c1-7(8(2)12(17)18)11(16)15-13(19)14-9-5-4-6-10(9)20-3/h9-10H,4-6H2,1-3H3,(H,17,18)(H2,14,15,16,19). The van der Waals surface area contributed by atoms with E-state index in [1.165, 1.54) is 13.8 Å². The number of amides is 3. The third-order valence-electron chi connectivity index (χ3n) is 3.52. The number of aliphatic carboxylic acids is 1. The lowest BCUT2D eigenvalue weighted by molar-refractivity contribution is -0.133. The van der Waals surface area contributed by atoms with Crippen LogP contribution in [0.4, 0.5) is 4.79 Å². The van der Waals surface area contributed by atoms with Gasteiger partial charge in [0.05, 0.1) is 0 Å². The number of carbonyl (C=O) groups is 3. The van der Waals surface area contributed by atoms with E-state index in [4.69, 9.17) is 5.11 Å². The predicted octanol–water partition coefficient (Wildman–Crippen LogP) is 1.52. The van der Waals surface area contributed by atoms with Gasteiger partial charge in [0.15, 0.2) is 0 Å². The van der Waals surface area contributed by atoms with Crippen molar-refractivity contribution in [2.24, 2.45) is 0 Å². The molecule has 1 fully saturated rings. The van der Waals surface area contributed by atoms with Crippen LogP contribution in [0, 0.1) is 0 Å². The molecule has 3 amide bonds. The van der Waals surface area contributed by atoms with Crippen LogP contribution in [-0.4, -0.2) is 40.6 Å². The molecule has 2 atom stereocenters. The molecule has 3 N–H and O–H groups in total. The first-order valence-corrected chi connectivity index (χ1v) is 7.71. The lowest BCUT2D eigenvalue weighted by Gasteiger charge is -2.19. The molecule has 0 spiro atoms. The Kier molecular flexibility index (Phi) is 6.06. The first-order valence-electron chi connectivity index (χ1n) is 6.42. The van der Waals surface area contributed by atoms with E-state index in [1.807, 2.05) is 6.26 Å². The molecule has 1 saturated carbocycles. The van der Waals surface area contributed by atoms with Gasteiger partial charge in [-0.2, -0.15) is 11.8 Å². The maximum atomic E-state index is 11.7. The molecule has 0 aromatic rings. The van der Waals surface area contributed by atoms with E-state index in [0.29, 0.717) is 5.25 Å². The van der Waals surface area contributed by atoms with E-state index in [1.54, 1.807) is 11.8 Å². The molecule has 0 heterocycles. The summed E-state index contributed by atoms with van der Waals surface area (Å²) < 4.78 is 0. The minimum absolute atomic E-state index is 0.0282. The van der Waals surface area contributed by atoms with Crippen molar-refractivity contribution in [3.05, 3.63) is 11.1 Å². The quantitative estimate of drug-likeness (QED) is 0.684. The van der Waals surface area contributed by atoms with Crippen LogP contribution in [0.2, 0.25) is 0 Å². The molecule has 2 unspecified atom stereocenters. The molecule has 0 aromatic heterocycles. The van der Waals surface area contributed by atoms with Crippen LogP contribution in [0.25, 0.3) is 0 Å². The number of carboxylic acids is 1. The van der Waals surface area contributed by atoms with Crippen molar-refractivity contribution < 1.29 is 19.5 Å². The number of imide groups is 1. The molecule has 0 radical (unpaired) electrons. The van der Waals surface area contributed by atoms with Crippen molar-refractivity contribution in [3.63, 3.8) is 0 Å². The van der Waals surface area contributed by atoms with Crippen molar-refractivity contribution in [1.29, 1.82) is 0 Å². The highest BCUT2D eigenvalue weighted by molar-refractivity contribution is 7.99. The lowest BCUT2D eigenvalue weighted by atomic mass is 10.1. The molecule has 0 bridgehead atoms. The summed E-state index contributed by atoms with van der Waals surface area (Å²) in [6, 6.07) is -0.513. The summed E-state index contributed by atoms with van der Waals surface area (Å²) in [4.78, 5) is 34.2. The maximum Gasteiger partial charge on any atom is 0.331 e. The molecule has 0 saturated heterocycles. The second-order valence-electron chi connectivity index (χ2n) is 4.79. The van der Waals surface area contributed by atoms with Crippen molar-refractivity contribution in [3.8, 4) is 0 Å². The average molecular weight is 300 g/mol. The van der Waals surface area contributed by atoms with Crippen LogP contribution in [0.5, 0.6) is 0 Å². The molecule has 7 heteroatoms. The first kappa shape index (κ1) is 16.6. The van der Waals surface area contributed by atoms with E-state index >= 15 is 0 Å². The summed E-state index contributed by atoms with van der Waals surface area (Å²) in [6.07, 6.45) is 5.01. The zero-order valence-corrected chi connectivity index (χ0v) is 12.7. The number of hydrogen-bond acceptors (Lipinski definition) is 4. The average Bonchev–Trinajstić information content (AvgIpc) is 2.83. The van der Waals surface area contributed by atoms with Crippen molar-refractivity contribution in [2.75, 3.05) is 6.26 Å². The van der Waals surface area contributed by atoms with Crippen molar-refractivity contribution >= 4 is 29.7 Å². The maximum absolute atomic E-state index is 11.7. The molecule has 1 aliphatic carbocycles. The molecule has 1 rings (SSSR count). The Morgan fingerprint density at radius 3 is 2.35 bits per heavy atom. The van der Waals surface area contributed by atoms with Crippen LogP contribution in [0.1, 0.15) is 33.1 Å². The van der Waals surface area contributed by atoms with Crippen LogP contribution < -0.4 is 10.6 Å². The smallest absolute Gasteiger partial charge is 0.331 e. The van der Waals surface area contributed by atoms with Crippen molar-refractivity contribution in [2.45, 2.75) is 44.4 Å². The van der Waals surface area contributed by atoms with Crippen LogP contribution >= 0.6 is 11.8 Å². The Morgan fingerprint density at radius 1 is 1.15 bits per heavy atom. The molecule has 0 aliphatic heterocycles. The number of thioether (sulfide) groups is 1. The Morgan fingerprint density at radius 2 is 1.80 bits per heavy atom. The molecule has 20 heavy (non-hydrogen) atoms. The van der Waals surface area contributed by atoms with Gasteiger partial charge in [-0.05, 0) is 32.9 Å². The largest absolute Gasteiger partial charge is 0.478 e. The number of rotatable bonds is 4. The number of urea groups is 1. The molecule has 112 valence electrons. The third kappa shape index (κ3) is 4.26. The van der Waals surface area contributed by atoms with Gasteiger partial charge in [0, 0.05) is 22.4 Å². The van der Waals surface area contributed by atoms with E-state index in [9.17, 15) is 14.4 Å². The van der Waals surface area contributed by atoms with Gasteiger partial charge < -0.3 is 10.4 Å². The summed E-state index contributed by atoms with van der Waals surface area (Å²) in [5.74, 6) is -1.85. The summed E-state index contributed by atoms with van der Waals surface area (Å²) in [7, 11) is 0. The Labute approximate surface area is 122 Å². The fourth-order valence-corrected chi connectivity index (χ4v) is 3.04. The van der Waals surface area contributed by atoms with Gasteiger partial charge in [-0.15, -0.1) is 0 Å². The van der Waals surface area contributed by atoms with Gasteiger partial charge in [-0.3, -0.25) is 10.1 Å². The highest BCUT2D eigenvalue weighted by Gasteiger charge is 2.28. The summed E-state index contributed by atoms with van der Waals surface area (Å²) >= 11 is 1.70. The second-order valence-corrected chi connectivity index (χ2v) is 5.87. The number of carboxylic acid groups (broad SMARTS) is 1. The van der Waals surface area contributed by atoms with Crippen LogP contribution in [0.3, 0.4) is 0 Å². The number of carbonyl (C=O) groups excluding carboxylic acids is 2. The molecule has 6 nitrogen and oxygen atoms in total. The Bertz CT molecular complexity index is 448. The highest BCUT2D eigenvalue weighted by Crippen LogP contribution is 2.28. The number of hydrogen-bond donors (Lipinski definition) is 3. The lowest BCUT2D eigenvalue weighted by Crippen LogP contribution is -2.46. The van der Waals surface area contributed by atoms with Gasteiger partial charge in [-0.25, -0.2) is 9.59 Å². The third-order valence-corrected chi connectivity index (χ3v) is 4.69. The van der Waals surface area contributed by atoms with E-state index in [0.717, 1.165) is 19.3 Å². The highest BCUT2D eigenvalue weighted by atomic mass is 32.2. The Hall–Kier alpha value is -1.50. The summed E-state index contributed by atoms with van der Waals surface area (Å²) in [5.41, 5.74) is -0.0429. The van der Waals surface area contributed by atoms with Gasteiger partial charge in [0.1, 0.15) is 0 Å². The molecule has 0 aromatic carbocycles. The zero-order valence-electron chi connectivity index (χ0n) is 11.9. The fraction of sp³-hybridized carbons (Fsp3) is 0.615. The van der Waals surface area contributed by atoms with Gasteiger partial charge in [0.25, 0.3) is 5.91 Å². The summed E-state index contributed by atoms with van der Waals surface area (Å²) in [5, 5.41) is 14.1. The van der Waals surface area contributed by atoms with Gasteiger partial charge >= 0.3 is 12.0 Å². The normalized spacial score (nSPS) is 22.9. The molecular weight excluding hydrogens is 280 g/mol. The number of nitrogens with one attached hydrogen (secondary N) is 2. The first-order chi connectivity index (χ1) is 9.36. The SMILES string of the molecule is CSC1CCCC1NC(=O)NC(=O)C(C)=C(C)C(=O)O. The minimum Gasteiger partial charge on any atom is -0.478 e. The van der Waals surface area contributed by atoms with Crippen molar-refractivity contribution in [1.82, 2.24) is 10.6 Å². The fourth-order valence-electron chi connectivity index (χ4n) is 2.11. The van der Waals surface area contributed by atoms with Crippen LogP contribution in [-0.2, 0) is 9.59 Å². The topological polar surface area (TPSA) is 95.5 Å². The second kappa shape index (κ2) is 7.33. The van der Waals surface area contributed by atoms with Gasteiger partial charge in [0.2, 0.25) is 0 Å². The Balaban J connectivity index is 2.56.